The molecule has 3 aromatic rings. The van der Waals surface area contributed by atoms with Gasteiger partial charge in [-0.05, 0) is 25.0 Å². The lowest BCUT2D eigenvalue weighted by Gasteiger charge is -2.02. The van der Waals surface area contributed by atoms with Gasteiger partial charge in [-0.3, -0.25) is 0 Å². The molecule has 23 heavy (non-hydrogen) atoms. The summed E-state index contributed by atoms with van der Waals surface area (Å²) in [6.07, 6.45) is 1.84. The lowest BCUT2D eigenvalue weighted by molar-refractivity contribution is 0.744. The summed E-state index contributed by atoms with van der Waals surface area (Å²) < 4.78 is 1.79. The lowest BCUT2D eigenvalue weighted by Crippen LogP contribution is -1.96. The maximum Gasteiger partial charge on any atom is 0.212 e. The van der Waals surface area contributed by atoms with E-state index in [4.69, 9.17) is 0 Å². The van der Waals surface area contributed by atoms with E-state index < -0.39 is 0 Å². The molecule has 1 heterocycles. The molecule has 2 aromatic carbocycles. The van der Waals surface area contributed by atoms with Crippen molar-refractivity contribution < 1.29 is 0 Å². The molecule has 0 spiro atoms. The molecule has 0 aliphatic carbocycles. The molecular weight excluding hydrogens is 304 g/mol. The second-order valence-corrected chi connectivity index (χ2v) is 6.22. The predicted octanol–water partition coefficient (Wildman–Crippen LogP) is 4.07. The minimum absolute atomic E-state index is 0.782. The first kappa shape index (κ1) is 15.5. The van der Waals surface area contributed by atoms with Crippen LogP contribution in [0, 0.1) is 13.8 Å². The molecule has 0 N–H and O–H groups in total. The van der Waals surface area contributed by atoms with E-state index in [9.17, 15) is 0 Å². The van der Waals surface area contributed by atoms with E-state index in [-0.39, 0.29) is 0 Å². The van der Waals surface area contributed by atoms with Gasteiger partial charge in [-0.25, -0.2) is 0 Å². The number of aromatic nitrogens is 3. The quantitative estimate of drug-likeness (QED) is 0.525. The van der Waals surface area contributed by atoms with Gasteiger partial charge in [-0.1, -0.05) is 71.9 Å². The average molecular weight is 322 g/mol. The molecule has 0 fully saturated rings. The molecule has 0 saturated carbocycles. The summed E-state index contributed by atoms with van der Waals surface area (Å²) in [7, 11) is 0. The summed E-state index contributed by atoms with van der Waals surface area (Å²) >= 11 is 1.63. The fraction of sp³-hybridized carbons (Fsp3) is 0.167. The van der Waals surface area contributed by atoms with E-state index in [0.29, 0.717) is 0 Å². The Labute approximate surface area is 140 Å². The minimum Gasteiger partial charge on any atom is -0.192 e. The van der Waals surface area contributed by atoms with Crippen molar-refractivity contribution >= 4 is 18.0 Å². The normalized spacial score (nSPS) is 11.2. The number of hydrogen-bond donors (Lipinski definition) is 0. The Morgan fingerprint density at radius 3 is 2.65 bits per heavy atom. The topological polar surface area (TPSA) is 43.1 Å². The summed E-state index contributed by atoms with van der Waals surface area (Å²) in [6.45, 7) is 3.98. The van der Waals surface area contributed by atoms with Crippen molar-refractivity contribution in [2.75, 3.05) is 0 Å². The Bertz CT molecular complexity index is 809. The molecule has 5 heteroatoms. The molecule has 0 radical (unpaired) electrons. The minimum atomic E-state index is 0.782. The van der Waals surface area contributed by atoms with E-state index >= 15 is 0 Å². The zero-order valence-electron chi connectivity index (χ0n) is 13.2. The number of rotatable bonds is 5. The standard InChI is InChI=1S/C18H18N4S/c1-14-7-6-10-17(11-14)12-19-22-15(2)20-21-18(22)23-13-16-8-4-3-5-9-16/h3-12H,13H2,1-2H3/b19-12-. The lowest BCUT2D eigenvalue weighted by atomic mass is 10.2. The van der Waals surface area contributed by atoms with Crippen molar-refractivity contribution in [3.8, 4) is 0 Å². The Morgan fingerprint density at radius 2 is 1.87 bits per heavy atom. The SMILES string of the molecule is Cc1cccc(/C=N\n2c(C)nnc2SCc2ccccc2)c1. The zero-order valence-corrected chi connectivity index (χ0v) is 14.0. The Morgan fingerprint density at radius 1 is 1.04 bits per heavy atom. The summed E-state index contributed by atoms with van der Waals surface area (Å²) in [4.78, 5) is 0. The molecule has 0 unspecified atom stereocenters. The third-order valence-electron chi connectivity index (χ3n) is 3.34. The number of thioether (sulfide) groups is 1. The highest BCUT2D eigenvalue weighted by Gasteiger charge is 2.08. The first-order chi connectivity index (χ1) is 11.2. The van der Waals surface area contributed by atoms with Gasteiger partial charge in [-0.2, -0.15) is 9.78 Å². The molecule has 116 valence electrons. The number of nitrogens with zero attached hydrogens (tertiary/aromatic N) is 4. The van der Waals surface area contributed by atoms with Gasteiger partial charge in [0.2, 0.25) is 5.16 Å². The second kappa shape index (κ2) is 7.24. The molecule has 1 aromatic heterocycles. The third kappa shape index (κ3) is 4.07. The molecule has 0 saturated heterocycles. The Balaban J connectivity index is 1.76. The van der Waals surface area contributed by atoms with Crippen LogP contribution in [0.2, 0.25) is 0 Å². The van der Waals surface area contributed by atoms with Gasteiger partial charge in [0.1, 0.15) is 0 Å². The fourth-order valence-electron chi connectivity index (χ4n) is 2.16. The zero-order chi connectivity index (χ0) is 16.1. The highest BCUT2D eigenvalue weighted by Crippen LogP contribution is 2.21. The van der Waals surface area contributed by atoms with E-state index in [1.54, 1.807) is 16.4 Å². The highest BCUT2D eigenvalue weighted by atomic mass is 32.2. The van der Waals surface area contributed by atoms with Crippen LogP contribution in [0.15, 0.2) is 64.9 Å². The van der Waals surface area contributed by atoms with Crippen molar-refractivity contribution in [2.24, 2.45) is 5.10 Å². The van der Waals surface area contributed by atoms with Crippen LogP contribution < -0.4 is 0 Å². The maximum absolute atomic E-state index is 4.54. The summed E-state index contributed by atoms with van der Waals surface area (Å²) in [5, 5.41) is 13.7. The van der Waals surface area contributed by atoms with E-state index in [0.717, 1.165) is 22.3 Å². The molecule has 3 rings (SSSR count). The summed E-state index contributed by atoms with van der Waals surface area (Å²) in [6, 6.07) is 18.6. The van der Waals surface area contributed by atoms with Crippen LogP contribution in [-0.2, 0) is 5.75 Å². The van der Waals surface area contributed by atoms with Crippen molar-refractivity contribution in [1.82, 2.24) is 14.9 Å². The summed E-state index contributed by atoms with van der Waals surface area (Å²) in [5.74, 6) is 1.63. The van der Waals surface area contributed by atoms with Gasteiger partial charge in [0.25, 0.3) is 0 Å². The average Bonchev–Trinajstić information content (AvgIpc) is 2.92. The van der Waals surface area contributed by atoms with Gasteiger partial charge >= 0.3 is 0 Å². The molecular formula is C18H18N4S. The second-order valence-electron chi connectivity index (χ2n) is 5.27. The van der Waals surface area contributed by atoms with Gasteiger partial charge in [0, 0.05) is 5.75 Å². The van der Waals surface area contributed by atoms with Crippen LogP contribution in [0.4, 0.5) is 0 Å². The third-order valence-corrected chi connectivity index (χ3v) is 4.33. The monoisotopic (exact) mass is 322 g/mol. The molecule has 0 bridgehead atoms. The first-order valence-electron chi connectivity index (χ1n) is 7.42. The van der Waals surface area contributed by atoms with Crippen molar-refractivity contribution in [3.63, 3.8) is 0 Å². The Kier molecular flexibility index (Phi) is 4.88. The van der Waals surface area contributed by atoms with Gasteiger partial charge in [0.05, 0.1) is 6.21 Å². The van der Waals surface area contributed by atoms with E-state index in [2.05, 4.69) is 46.5 Å². The number of benzene rings is 2. The highest BCUT2D eigenvalue weighted by molar-refractivity contribution is 7.98. The van der Waals surface area contributed by atoms with Crippen LogP contribution in [0.25, 0.3) is 0 Å². The Hall–Kier alpha value is -2.40. The van der Waals surface area contributed by atoms with Gasteiger partial charge in [0.15, 0.2) is 5.82 Å². The maximum atomic E-state index is 4.54. The first-order valence-corrected chi connectivity index (χ1v) is 8.41. The molecule has 0 amide bonds. The van der Waals surface area contributed by atoms with E-state index in [1.807, 2.05) is 43.5 Å². The van der Waals surface area contributed by atoms with Gasteiger partial charge < -0.3 is 0 Å². The largest absolute Gasteiger partial charge is 0.212 e. The molecule has 0 atom stereocenters. The van der Waals surface area contributed by atoms with Crippen LogP contribution in [0.5, 0.6) is 0 Å². The summed E-state index contributed by atoms with van der Waals surface area (Å²) in [5.41, 5.74) is 3.54. The molecule has 0 aliphatic rings. The predicted molar refractivity (Wildman–Crippen MR) is 94.9 cm³/mol. The van der Waals surface area contributed by atoms with Crippen LogP contribution >= 0.6 is 11.8 Å². The van der Waals surface area contributed by atoms with Crippen molar-refractivity contribution in [3.05, 3.63) is 77.1 Å². The number of aryl methyl sites for hydroxylation is 2. The number of hydrogen-bond acceptors (Lipinski definition) is 4. The van der Waals surface area contributed by atoms with Crippen molar-refractivity contribution in [1.29, 1.82) is 0 Å². The molecule has 0 aliphatic heterocycles. The van der Waals surface area contributed by atoms with Gasteiger partial charge in [-0.15, -0.1) is 10.2 Å². The van der Waals surface area contributed by atoms with Crippen LogP contribution in [0.3, 0.4) is 0 Å². The van der Waals surface area contributed by atoms with Crippen LogP contribution in [0.1, 0.15) is 22.5 Å². The smallest absolute Gasteiger partial charge is 0.192 e. The fourth-order valence-corrected chi connectivity index (χ4v) is 3.05. The van der Waals surface area contributed by atoms with E-state index in [1.165, 1.54) is 11.1 Å². The van der Waals surface area contributed by atoms with Crippen molar-refractivity contribution in [2.45, 2.75) is 24.8 Å². The van der Waals surface area contributed by atoms with Crippen LogP contribution in [-0.4, -0.2) is 21.1 Å². The molecule has 4 nitrogen and oxygen atoms in total.